The van der Waals surface area contributed by atoms with Gasteiger partial charge in [-0.25, -0.2) is 0 Å². The van der Waals surface area contributed by atoms with Gasteiger partial charge in [-0.05, 0) is 42.5 Å². The molecule has 4 heteroatoms. The molecule has 0 saturated carbocycles. The fourth-order valence-corrected chi connectivity index (χ4v) is 2.56. The molecule has 2 aromatic carbocycles. The van der Waals surface area contributed by atoms with E-state index in [1.165, 1.54) is 11.8 Å². The highest BCUT2D eigenvalue weighted by molar-refractivity contribution is 9.10. The van der Waals surface area contributed by atoms with E-state index in [-0.39, 0.29) is 5.75 Å². The molecule has 0 heterocycles. The van der Waals surface area contributed by atoms with Crippen LogP contribution in [0.5, 0.6) is 5.75 Å². The van der Waals surface area contributed by atoms with E-state index in [2.05, 4.69) is 22.0 Å². The third-order valence-corrected chi connectivity index (χ3v) is 3.70. The molecule has 2 rings (SSSR count). The van der Waals surface area contributed by atoms with Gasteiger partial charge in [0.25, 0.3) is 0 Å². The zero-order valence-electron chi connectivity index (χ0n) is 8.72. The van der Waals surface area contributed by atoms with E-state index in [0.717, 1.165) is 14.3 Å². The Kier molecular flexibility index (Phi) is 3.72. The number of halogens is 1. The molecule has 0 aromatic heterocycles. The maximum absolute atomic E-state index is 9.19. The predicted octanol–water partition coefficient (Wildman–Crippen LogP) is 4.18. The van der Waals surface area contributed by atoms with E-state index in [4.69, 9.17) is 5.26 Å². The van der Waals surface area contributed by atoms with Crippen molar-refractivity contribution in [2.75, 3.05) is 0 Å². The van der Waals surface area contributed by atoms with Gasteiger partial charge in [-0.15, -0.1) is 0 Å². The highest BCUT2D eigenvalue weighted by atomic mass is 79.9. The Morgan fingerprint density at radius 2 is 1.82 bits per heavy atom. The molecule has 84 valence electrons. The summed E-state index contributed by atoms with van der Waals surface area (Å²) in [6.07, 6.45) is 0. The zero-order chi connectivity index (χ0) is 12.3. The molecule has 0 aliphatic carbocycles. The van der Waals surface area contributed by atoms with Crippen LogP contribution in [0.1, 0.15) is 5.56 Å². The lowest BCUT2D eigenvalue weighted by Crippen LogP contribution is -1.81. The Morgan fingerprint density at radius 3 is 2.47 bits per heavy atom. The maximum Gasteiger partial charge on any atom is 0.115 e. The summed E-state index contributed by atoms with van der Waals surface area (Å²) >= 11 is 4.84. The summed E-state index contributed by atoms with van der Waals surface area (Å²) in [5.74, 6) is 0.241. The quantitative estimate of drug-likeness (QED) is 0.905. The van der Waals surface area contributed by atoms with Gasteiger partial charge >= 0.3 is 0 Å². The molecule has 0 unspecified atom stereocenters. The van der Waals surface area contributed by atoms with Gasteiger partial charge in [0.1, 0.15) is 11.8 Å². The van der Waals surface area contributed by atoms with Crippen LogP contribution < -0.4 is 0 Å². The first-order chi connectivity index (χ1) is 8.19. The Labute approximate surface area is 112 Å². The summed E-state index contributed by atoms with van der Waals surface area (Å²) < 4.78 is 0.893. The van der Waals surface area contributed by atoms with E-state index >= 15 is 0 Å². The molecule has 0 radical (unpaired) electrons. The van der Waals surface area contributed by atoms with Gasteiger partial charge in [0.05, 0.1) is 5.56 Å². The molecular weight excluding hydrogens is 298 g/mol. The molecule has 2 nitrogen and oxygen atoms in total. The second kappa shape index (κ2) is 5.26. The average Bonchev–Trinajstić information content (AvgIpc) is 2.34. The van der Waals surface area contributed by atoms with Gasteiger partial charge in [-0.1, -0.05) is 27.7 Å². The fraction of sp³-hybridized carbons (Fsp3) is 0. The van der Waals surface area contributed by atoms with Gasteiger partial charge in [-0.2, -0.15) is 5.26 Å². The lowest BCUT2D eigenvalue weighted by atomic mass is 10.2. The van der Waals surface area contributed by atoms with Crippen LogP contribution in [-0.4, -0.2) is 5.11 Å². The number of phenolic OH excluding ortho intramolecular Hbond substituents is 1. The topological polar surface area (TPSA) is 44.0 Å². The molecule has 17 heavy (non-hydrogen) atoms. The summed E-state index contributed by atoms with van der Waals surface area (Å²) in [5.41, 5.74) is 0.637. The Balaban J connectivity index is 2.30. The number of hydrogen-bond donors (Lipinski definition) is 1. The van der Waals surface area contributed by atoms with Gasteiger partial charge in [0, 0.05) is 14.3 Å². The van der Waals surface area contributed by atoms with Gasteiger partial charge in [0.15, 0.2) is 0 Å². The van der Waals surface area contributed by atoms with Gasteiger partial charge < -0.3 is 5.11 Å². The highest BCUT2D eigenvalue weighted by Gasteiger charge is 2.04. The smallest absolute Gasteiger partial charge is 0.115 e. The fourth-order valence-electron chi connectivity index (χ4n) is 1.32. The lowest BCUT2D eigenvalue weighted by molar-refractivity contribution is 0.475. The first kappa shape index (κ1) is 12.0. The number of rotatable bonds is 2. The van der Waals surface area contributed by atoms with Gasteiger partial charge in [0.2, 0.25) is 0 Å². The molecule has 0 saturated heterocycles. The first-order valence-electron chi connectivity index (χ1n) is 4.85. The second-order valence-electron chi connectivity index (χ2n) is 3.35. The Bertz CT molecular complexity index is 575. The maximum atomic E-state index is 9.19. The van der Waals surface area contributed by atoms with Gasteiger partial charge in [-0.3, -0.25) is 0 Å². The number of aromatic hydroxyl groups is 1. The number of hydrogen-bond acceptors (Lipinski definition) is 3. The molecule has 0 aliphatic rings. The van der Waals surface area contributed by atoms with Crippen molar-refractivity contribution in [2.45, 2.75) is 9.79 Å². The molecule has 0 atom stereocenters. The number of phenols is 1. The van der Waals surface area contributed by atoms with E-state index < -0.39 is 0 Å². The molecule has 0 amide bonds. The van der Waals surface area contributed by atoms with Crippen LogP contribution in [0, 0.1) is 11.3 Å². The summed E-state index contributed by atoms with van der Waals surface area (Å²) in [6.45, 7) is 0. The van der Waals surface area contributed by atoms with Crippen molar-refractivity contribution in [3.63, 3.8) is 0 Å². The minimum absolute atomic E-state index is 0.241. The van der Waals surface area contributed by atoms with Crippen LogP contribution >= 0.6 is 27.7 Å². The average molecular weight is 306 g/mol. The van der Waals surface area contributed by atoms with Crippen molar-refractivity contribution in [3.8, 4) is 11.8 Å². The SMILES string of the molecule is N#Cc1cc(Br)ccc1Sc1ccc(O)cc1. The predicted molar refractivity (Wildman–Crippen MR) is 71.1 cm³/mol. The van der Waals surface area contributed by atoms with Crippen LogP contribution in [0.3, 0.4) is 0 Å². The lowest BCUT2D eigenvalue weighted by Gasteiger charge is -2.04. The van der Waals surface area contributed by atoms with Crippen LogP contribution in [0.25, 0.3) is 0 Å². The standard InChI is InChI=1S/C13H8BrNOS/c14-10-1-6-13(9(7-10)8-15)17-12-4-2-11(16)3-5-12/h1-7,16H. The third-order valence-electron chi connectivity index (χ3n) is 2.13. The van der Waals surface area contributed by atoms with Crippen molar-refractivity contribution in [2.24, 2.45) is 0 Å². The molecule has 0 bridgehead atoms. The first-order valence-corrected chi connectivity index (χ1v) is 6.46. The largest absolute Gasteiger partial charge is 0.508 e. The summed E-state index contributed by atoms with van der Waals surface area (Å²) in [6, 6.07) is 14.7. The molecule has 0 fully saturated rings. The molecule has 1 N–H and O–H groups in total. The van der Waals surface area contributed by atoms with E-state index in [1.54, 1.807) is 18.2 Å². The molecule has 0 aliphatic heterocycles. The minimum atomic E-state index is 0.241. The molecule has 2 aromatic rings. The van der Waals surface area contributed by atoms with Crippen LogP contribution in [0.2, 0.25) is 0 Å². The second-order valence-corrected chi connectivity index (χ2v) is 5.38. The van der Waals surface area contributed by atoms with Crippen molar-refractivity contribution < 1.29 is 5.11 Å². The van der Waals surface area contributed by atoms with Crippen molar-refractivity contribution >= 4 is 27.7 Å². The highest BCUT2D eigenvalue weighted by Crippen LogP contribution is 2.32. The van der Waals surface area contributed by atoms with Crippen LogP contribution in [0.15, 0.2) is 56.7 Å². The minimum Gasteiger partial charge on any atom is -0.508 e. The van der Waals surface area contributed by atoms with Crippen molar-refractivity contribution in [3.05, 3.63) is 52.5 Å². The summed E-state index contributed by atoms with van der Waals surface area (Å²) in [5, 5.41) is 18.2. The normalized spacial score (nSPS) is 9.88. The Morgan fingerprint density at radius 1 is 1.12 bits per heavy atom. The molecule has 0 spiro atoms. The van der Waals surface area contributed by atoms with Crippen molar-refractivity contribution in [1.29, 1.82) is 5.26 Å². The summed E-state index contributed by atoms with van der Waals surface area (Å²) in [7, 11) is 0. The van der Waals surface area contributed by atoms with E-state index in [0.29, 0.717) is 5.56 Å². The van der Waals surface area contributed by atoms with Crippen molar-refractivity contribution in [1.82, 2.24) is 0 Å². The number of nitrogens with zero attached hydrogens (tertiary/aromatic N) is 1. The van der Waals surface area contributed by atoms with E-state index in [1.807, 2.05) is 24.3 Å². The number of benzene rings is 2. The third kappa shape index (κ3) is 3.02. The van der Waals surface area contributed by atoms with Crippen LogP contribution in [-0.2, 0) is 0 Å². The van der Waals surface area contributed by atoms with E-state index in [9.17, 15) is 5.11 Å². The molecular formula is C13H8BrNOS. The monoisotopic (exact) mass is 305 g/mol. The number of nitriles is 1. The van der Waals surface area contributed by atoms with Crippen LogP contribution in [0.4, 0.5) is 0 Å². The zero-order valence-corrected chi connectivity index (χ0v) is 11.1. The Hall–Kier alpha value is -1.44. The summed E-state index contributed by atoms with van der Waals surface area (Å²) in [4.78, 5) is 1.89.